The molecule has 0 radical (unpaired) electrons. The smallest absolute Gasteiger partial charge is 0.141 e. The molecule has 0 fully saturated rings. The Labute approximate surface area is 66.3 Å². The van der Waals surface area contributed by atoms with Crippen molar-refractivity contribution in [1.82, 2.24) is 9.78 Å². The molecule has 0 aromatic carbocycles. The van der Waals surface area contributed by atoms with Crippen molar-refractivity contribution in [2.24, 2.45) is 7.05 Å². The third-order valence-corrected chi connectivity index (χ3v) is 1.69. The van der Waals surface area contributed by atoms with Crippen molar-refractivity contribution in [2.75, 3.05) is 0 Å². The number of aromatic nitrogens is 2. The third-order valence-electron chi connectivity index (χ3n) is 1.69. The first-order chi connectivity index (χ1) is 5.16. The molecule has 0 spiro atoms. The van der Waals surface area contributed by atoms with Gasteiger partial charge >= 0.3 is 0 Å². The molecular weight excluding hydrogens is 138 g/mol. The molecular formula is C8H11N3. The highest BCUT2D eigenvalue weighted by Crippen LogP contribution is 2.16. The lowest BCUT2D eigenvalue weighted by Gasteiger charge is -1.99. The summed E-state index contributed by atoms with van der Waals surface area (Å²) >= 11 is 0. The minimum absolute atomic E-state index is 0.373. The van der Waals surface area contributed by atoms with E-state index in [1.165, 1.54) is 0 Å². The van der Waals surface area contributed by atoms with Crippen LogP contribution in [-0.4, -0.2) is 9.78 Å². The molecule has 0 saturated carbocycles. The van der Waals surface area contributed by atoms with Crippen LogP contribution in [0.1, 0.15) is 31.0 Å². The molecule has 0 aliphatic heterocycles. The van der Waals surface area contributed by atoms with Gasteiger partial charge in [-0.25, -0.2) is 0 Å². The average molecular weight is 149 g/mol. The van der Waals surface area contributed by atoms with Crippen LogP contribution in [0.5, 0.6) is 0 Å². The Bertz CT molecular complexity index is 291. The van der Waals surface area contributed by atoms with Gasteiger partial charge in [0.15, 0.2) is 0 Å². The van der Waals surface area contributed by atoms with Gasteiger partial charge < -0.3 is 0 Å². The van der Waals surface area contributed by atoms with Crippen LogP contribution in [0.3, 0.4) is 0 Å². The lowest BCUT2D eigenvalue weighted by Crippen LogP contribution is -1.96. The van der Waals surface area contributed by atoms with E-state index in [-0.39, 0.29) is 0 Å². The van der Waals surface area contributed by atoms with E-state index in [4.69, 9.17) is 5.26 Å². The van der Waals surface area contributed by atoms with Crippen LogP contribution in [0.15, 0.2) is 6.20 Å². The van der Waals surface area contributed by atoms with Crippen molar-refractivity contribution < 1.29 is 0 Å². The summed E-state index contributed by atoms with van der Waals surface area (Å²) in [4.78, 5) is 0. The van der Waals surface area contributed by atoms with Gasteiger partial charge in [0.05, 0.1) is 6.20 Å². The fourth-order valence-electron chi connectivity index (χ4n) is 1.01. The van der Waals surface area contributed by atoms with Gasteiger partial charge in [-0.05, 0) is 5.92 Å². The molecule has 1 aromatic rings. The first-order valence-corrected chi connectivity index (χ1v) is 3.58. The Balaban J connectivity index is 3.19. The summed E-state index contributed by atoms with van der Waals surface area (Å²) in [7, 11) is 1.78. The maximum atomic E-state index is 8.73. The molecule has 1 rings (SSSR count). The number of aryl methyl sites for hydroxylation is 1. The van der Waals surface area contributed by atoms with E-state index in [0.29, 0.717) is 11.6 Å². The molecule has 0 saturated heterocycles. The standard InChI is InChI=1S/C8H11N3/c1-6(2)7-5-10-11(3)8(7)4-9/h5-6H,1-3H3. The Morgan fingerprint density at radius 3 is 2.64 bits per heavy atom. The number of hydrogen-bond acceptors (Lipinski definition) is 2. The van der Waals surface area contributed by atoms with Crippen LogP contribution in [0.25, 0.3) is 0 Å². The van der Waals surface area contributed by atoms with Crippen LogP contribution in [0.2, 0.25) is 0 Å². The zero-order chi connectivity index (χ0) is 8.43. The normalized spacial score (nSPS) is 10.1. The van der Waals surface area contributed by atoms with E-state index in [1.807, 2.05) is 0 Å². The van der Waals surface area contributed by atoms with Gasteiger partial charge in [0.1, 0.15) is 11.8 Å². The minimum Gasteiger partial charge on any atom is -0.258 e. The summed E-state index contributed by atoms with van der Waals surface area (Å²) in [6.07, 6.45) is 1.75. The van der Waals surface area contributed by atoms with Gasteiger partial charge in [0, 0.05) is 12.6 Å². The van der Waals surface area contributed by atoms with Crippen LogP contribution >= 0.6 is 0 Å². The van der Waals surface area contributed by atoms with E-state index in [2.05, 4.69) is 25.0 Å². The van der Waals surface area contributed by atoms with Crippen molar-refractivity contribution in [2.45, 2.75) is 19.8 Å². The van der Waals surface area contributed by atoms with Crippen LogP contribution in [-0.2, 0) is 7.05 Å². The fourth-order valence-corrected chi connectivity index (χ4v) is 1.01. The molecule has 0 N–H and O–H groups in total. The van der Waals surface area contributed by atoms with Gasteiger partial charge in [0.2, 0.25) is 0 Å². The molecule has 1 heterocycles. The Hall–Kier alpha value is -1.30. The molecule has 0 aliphatic rings. The number of hydrogen-bond donors (Lipinski definition) is 0. The quantitative estimate of drug-likeness (QED) is 0.605. The number of nitrogens with zero attached hydrogens (tertiary/aromatic N) is 3. The van der Waals surface area contributed by atoms with Crippen molar-refractivity contribution in [3.8, 4) is 6.07 Å². The maximum absolute atomic E-state index is 8.73. The van der Waals surface area contributed by atoms with E-state index in [1.54, 1.807) is 17.9 Å². The first kappa shape index (κ1) is 7.80. The Morgan fingerprint density at radius 1 is 1.64 bits per heavy atom. The second-order valence-electron chi connectivity index (χ2n) is 2.84. The lowest BCUT2D eigenvalue weighted by molar-refractivity contribution is 0.751. The molecule has 0 unspecified atom stereocenters. The van der Waals surface area contributed by atoms with Crippen LogP contribution in [0, 0.1) is 11.3 Å². The van der Waals surface area contributed by atoms with E-state index >= 15 is 0 Å². The second-order valence-corrected chi connectivity index (χ2v) is 2.84. The number of rotatable bonds is 1. The van der Waals surface area contributed by atoms with Gasteiger partial charge in [-0.15, -0.1) is 0 Å². The van der Waals surface area contributed by atoms with E-state index < -0.39 is 0 Å². The maximum Gasteiger partial charge on any atom is 0.141 e. The van der Waals surface area contributed by atoms with E-state index in [9.17, 15) is 0 Å². The largest absolute Gasteiger partial charge is 0.258 e. The number of nitriles is 1. The van der Waals surface area contributed by atoms with Gasteiger partial charge in [-0.1, -0.05) is 13.8 Å². The summed E-state index contributed by atoms with van der Waals surface area (Å²) in [5, 5.41) is 12.7. The average Bonchev–Trinajstić information content (AvgIpc) is 2.30. The van der Waals surface area contributed by atoms with E-state index in [0.717, 1.165) is 5.56 Å². The van der Waals surface area contributed by atoms with Gasteiger partial charge in [-0.2, -0.15) is 10.4 Å². The third kappa shape index (κ3) is 1.25. The fraction of sp³-hybridized carbons (Fsp3) is 0.500. The molecule has 1 aromatic heterocycles. The highest BCUT2D eigenvalue weighted by molar-refractivity contribution is 5.31. The molecule has 11 heavy (non-hydrogen) atoms. The summed E-state index contributed by atoms with van der Waals surface area (Å²) < 4.78 is 1.61. The Morgan fingerprint density at radius 2 is 2.27 bits per heavy atom. The van der Waals surface area contributed by atoms with Crippen molar-refractivity contribution in [3.63, 3.8) is 0 Å². The molecule has 0 amide bonds. The van der Waals surface area contributed by atoms with Crippen molar-refractivity contribution in [1.29, 1.82) is 5.26 Å². The molecule has 0 bridgehead atoms. The minimum atomic E-state index is 0.373. The monoisotopic (exact) mass is 149 g/mol. The highest BCUT2D eigenvalue weighted by atomic mass is 15.3. The zero-order valence-corrected chi connectivity index (χ0v) is 7.00. The van der Waals surface area contributed by atoms with Crippen molar-refractivity contribution in [3.05, 3.63) is 17.5 Å². The molecule has 0 atom stereocenters. The molecule has 3 heteroatoms. The molecule has 58 valence electrons. The summed E-state index contributed by atoms with van der Waals surface area (Å²) in [5.41, 5.74) is 1.69. The second kappa shape index (κ2) is 2.75. The van der Waals surface area contributed by atoms with Gasteiger partial charge in [0.25, 0.3) is 0 Å². The van der Waals surface area contributed by atoms with Crippen molar-refractivity contribution >= 4 is 0 Å². The van der Waals surface area contributed by atoms with Crippen LogP contribution in [0.4, 0.5) is 0 Å². The van der Waals surface area contributed by atoms with Crippen LogP contribution < -0.4 is 0 Å². The zero-order valence-electron chi connectivity index (χ0n) is 7.00. The highest BCUT2D eigenvalue weighted by Gasteiger charge is 2.09. The molecule has 3 nitrogen and oxygen atoms in total. The van der Waals surface area contributed by atoms with Gasteiger partial charge in [-0.3, -0.25) is 4.68 Å². The predicted molar refractivity (Wildman–Crippen MR) is 42.0 cm³/mol. The topological polar surface area (TPSA) is 41.6 Å². The SMILES string of the molecule is CC(C)c1cnn(C)c1C#N. The predicted octanol–water partition coefficient (Wildman–Crippen LogP) is 1.42. The summed E-state index contributed by atoms with van der Waals surface area (Å²) in [6.45, 7) is 4.11. The Kier molecular flexibility index (Phi) is 1.95. The summed E-state index contributed by atoms with van der Waals surface area (Å²) in [6, 6.07) is 2.13. The lowest BCUT2D eigenvalue weighted by atomic mass is 10.1. The summed E-state index contributed by atoms with van der Waals surface area (Å²) in [5.74, 6) is 0.373. The molecule has 0 aliphatic carbocycles. The first-order valence-electron chi connectivity index (χ1n) is 3.58.